The van der Waals surface area contributed by atoms with Gasteiger partial charge in [-0.15, -0.1) is 0 Å². The van der Waals surface area contributed by atoms with Gasteiger partial charge in [0, 0.05) is 25.6 Å². The number of carbonyl (C=O) groups excluding carboxylic acids is 1. The zero-order valence-electron chi connectivity index (χ0n) is 11.2. The molecule has 2 rings (SSSR count). The predicted octanol–water partition coefficient (Wildman–Crippen LogP) is 2.02. The zero-order valence-corrected chi connectivity index (χ0v) is 11.2. The highest BCUT2D eigenvalue weighted by Crippen LogP contribution is 2.22. The van der Waals surface area contributed by atoms with Crippen LogP contribution in [0.4, 0.5) is 0 Å². The predicted molar refractivity (Wildman–Crippen MR) is 69.8 cm³/mol. The number of nitrogens with one attached hydrogen (secondary N) is 1. The van der Waals surface area contributed by atoms with Crippen LogP contribution in [0.2, 0.25) is 0 Å². The van der Waals surface area contributed by atoms with Gasteiger partial charge in [0.15, 0.2) is 0 Å². The molecule has 3 unspecified atom stereocenters. The lowest BCUT2D eigenvalue weighted by molar-refractivity contribution is -0.134. The molecule has 2 aliphatic heterocycles. The van der Waals surface area contributed by atoms with Crippen LogP contribution in [-0.4, -0.2) is 36.5 Å². The van der Waals surface area contributed by atoms with E-state index < -0.39 is 0 Å². The van der Waals surface area contributed by atoms with Crippen LogP contribution in [0.1, 0.15) is 46.0 Å². The molecule has 3 nitrogen and oxygen atoms in total. The number of amides is 1. The summed E-state index contributed by atoms with van der Waals surface area (Å²) in [6, 6.07) is 0.596. The number of hydrogen-bond acceptors (Lipinski definition) is 2. The molecule has 2 saturated heterocycles. The Balaban J connectivity index is 1.74. The van der Waals surface area contributed by atoms with Crippen molar-refractivity contribution in [2.45, 2.75) is 52.0 Å². The smallest absolute Gasteiger partial charge is 0.222 e. The second-order valence-electron chi connectivity index (χ2n) is 6.08. The van der Waals surface area contributed by atoms with Crippen molar-refractivity contribution in [3.63, 3.8) is 0 Å². The van der Waals surface area contributed by atoms with Crippen LogP contribution >= 0.6 is 0 Å². The van der Waals surface area contributed by atoms with E-state index in [0.29, 0.717) is 23.8 Å². The van der Waals surface area contributed by atoms with Crippen LogP contribution in [0.5, 0.6) is 0 Å². The number of nitrogens with zero attached hydrogens (tertiary/aromatic N) is 1. The molecule has 3 atom stereocenters. The summed E-state index contributed by atoms with van der Waals surface area (Å²) in [5.41, 5.74) is 0. The number of carbonyl (C=O) groups is 1. The molecule has 0 bridgehead atoms. The minimum Gasteiger partial charge on any atom is -0.342 e. The highest BCUT2D eigenvalue weighted by molar-refractivity contribution is 5.76. The van der Waals surface area contributed by atoms with E-state index in [0.717, 1.165) is 32.5 Å². The van der Waals surface area contributed by atoms with Gasteiger partial charge >= 0.3 is 0 Å². The first-order valence-electron chi connectivity index (χ1n) is 7.16. The fraction of sp³-hybridized carbons (Fsp3) is 0.929. The molecule has 2 heterocycles. The van der Waals surface area contributed by atoms with Crippen molar-refractivity contribution >= 4 is 5.91 Å². The van der Waals surface area contributed by atoms with Crippen molar-refractivity contribution in [2.24, 2.45) is 11.8 Å². The Labute approximate surface area is 105 Å². The summed E-state index contributed by atoms with van der Waals surface area (Å²) < 4.78 is 0. The molecule has 0 aliphatic carbocycles. The molecule has 0 spiro atoms. The van der Waals surface area contributed by atoms with Gasteiger partial charge in [-0.1, -0.05) is 13.8 Å². The molecule has 0 aromatic heterocycles. The standard InChI is InChI=1S/C14H26N2O/c1-11-8-12(2)10-16(9-11)14(17)6-5-13-4-3-7-15-13/h11-13,15H,3-10H2,1-2H3. The fourth-order valence-electron chi connectivity index (χ4n) is 3.33. The monoisotopic (exact) mass is 238 g/mol. The summed E-state index contributed by atoms with van der Waals surface area (Å²) in [4.78, 5) is 14.2. The van der Waals surface area contributed by atoms with Crippen molar-refractivity contribution in [2.75, 3.05) is 19.6 Å². The van der Waals surface area contributed by atoms with Gasteiger partial charge in [-0.05, 0) is 44.1 Å². The molecule has 98 valence electrons. The van der Waals surface area contributed by atoms with Gasteiger partial charge in [0.2, 0.25) is 5.91 Å². The second kappa shape index (κ2) is 5.85. The SMILES string of the molecule is CC1CC(C)CN(C(=O)CCC2CCCN2)C1. The molecule has 0 aromatic rings. The Morgan fingerprint density at radius 2 is 2.00 bits per heavy atom. The normalized spacial score (nSPS) is 34.0. The van der Waals surface area contributed by atoms with Crippen LogP contribution in [0.3, 0.4) is 0 Å². The van der Waals surface area contributed by atoms with Crippen molar-refractivity contribution in [3.8, 4) is 0 Å². The largest absolute Gasteiger partial charge is 0.342 e. The third-order valence-electron chi connectivity index (χ3n) is 4.09. The van der Waals surface area contributed by atoms with Crippen molar-refractivity contribution in [3.05, 3.63) is 0 Å². The summed E-state index contributed by atoms with van der Waals surface area (Å²) in [5.74, 6) is 1.72. The number of hydrogen-bond donors (Lipinski definition) is 1. The average molecular weight is 238 g/mol. The van der Waals surface area contributed by atoms with Crippen LogP contribution in [0, 0.1) is 11.8 Å². The van der Waals surface area contributed by atoms with E-state index in [-0.39, 0.29) is 0 Å². The molecule has 17 heavy (non-hydrogen) atoms. The first-order valence-corrected chi connectivity index (χ1v) is 7.16. The number of likely N-dealkylation sites (tertiary alicyclic amines) is 1. The summed E-state index contributed by atoms with van der Waals surface area (Å²) in [5, 5.41) is 3.46. The highest BCUT2D eigenvalue weighted by atomic mass is 16.2. The lowest BCUT2D eigenvalue weighted by Gasteiger charge is -2.35. The highest BCUT2D eigenvalue weighted by Gasteiger charge is 2.25. The van der Waals surface area contributed by atoms with E-state index in [1.54, 1.807) is 0 Å². The summed E-state index contributed by atoms with van der Waals surface area (Å²) >= 11 is 0. The fourth-order valence-corrected chi connectivity index (χ4v) is 3.33. The van der Waals surface area contributed by atoms with E-state index in [9.17, 15) is 4.79 Å². The molecule has 0 aromatic carbocycles. The van der Waals surface area contributed by atoms with Crippen LogP contribution in [0.25, 0.3) is 0 Å². The third-order valence-corrected chi connectivity index (χ3v) is 4.09. The molecule has 1 amide bonds. The van der Waals surface area contributed by atoms with E-state index >= 15 is 0 Å². The van der Waals surface area contributed by atoms with E-state index in [2.05, 4.69) is 24.1 Å². The lowest BCUT2D eigenvalue weighted by Crippen LogP contribution is -2.42. The maximum absolute atomic E-state index is 12.1. The summed E-state index contributed by atoms with van der Waals surface area (Å²) in [6.07, 6.45) is 5.56. The average Bonchev–Trinajstić information content (AvgIpc) is 2.77. The van der Waals surface area contributed by atoms with E-state index in [1.165, 1.54) is 19.3 Å². The van der Waals surface area contributed by atoms with Gasteiger partial charge < -0.3 is 10.2 Å². The number of piperidine rings is 1. The van der Waals surface area contributed by atoms with Crippen molar-refractivity contribution in [1.82, 2.24) is 10.2 Å². The van der Waals surface area contributed by atoms with Crippen LogP contribution < -0.4 is 5.32 Å². The minimum absolute atomic E-state index is 0.372. The zero-order chi connectivity index (χ0) is 12.3. The first-order chi connectivity index (χ1) is 8.15. The Hall–Kier alpha value is -0.570. The molecule has 0 radical (unpaired) electrons. The maximum atomic E-state index is 12.1. The molecule has 0 saturated carbocycles. The molecular weight excluding hydrogens is 212 g/mol. The van der Waals surface area contributed by atoms with Crippen molar-refractivity contribution < 1.29 is 4.79 Å². The molecule has 1 N–H and O–H groups in total. The van der Waals surface area contributed by atoms with Crippen LogP contribution in [0.15, 0.2) is 0 Å². The molecular formula is C14H26N2O. The Kier molecular flexibility index (Phi) is 4.43. The quantitative estimate of drug-likeness (QED) is 0.816. The second-order valence-corrected chi connectivity index (χ2v) is 6.08. The Bertz CT molecular complexity index is 251. The molecule has 3 heteroatoms. The lowest BCUT2D eigenvalue weighted by atomic mass is 9.91. The van der Waals surface area contributed by atoms with E-state index in [4.69, 9.17) is 0 Å². The Morgan fingerprint density at radius 3 is 2.59 bits per heavy atom. The first kappa shape index (κ1) is 12.9. The van der Waals surface area contributed by atoms with Gasteiger partial charge in [-0.25, -0.2) is 0 Å². The van der Waals surface area contributed by atoms with E-state index in [1.807, 2.05) is 0 Å². The van der Waals surface area contributed by atoms with Crippen molar-refractivity contribution in [1.29, 1.82) is 0 Å². The van der Waals surface area contributed by atoms with Gasteiger partial charge in [-0.3, -0.25) is 4.79 Å². The maximum Gasteiger partial charge on any atom is 0.222 e. The van der Waals surface area contributed by atoms with Gasteiger partial charge in [-0.2, -0.15) is 0 Å². The molecule has 2 aliphatic rings. The third kappa shape index (κ3) is 3.70. The minimum atomic E-state index is 0.372. The van der Waals surface area contributed by atoms with Gasteiger partial charge in [0.05, 0.1) is 0 Å². The van der Waals surface area contributed by atoms with Gasteiger partial charge in [0.25, 0.3) is 0 Å². The van der Waals surface area contributed by atoms with Gasteiger partial charge in [0.1, 0.15) is 0 Å². The molecule has 2 fully saturated rings. The summed E-state index contributed by atoms with van der Waals surface area (Å²) in [7, 11) is 0. The topological polar surface area (TPSA) is 32.3 Å². The van der Waals surface area contributed by atoms with Crippen LogP contribution in [-0.2, 0) is 4.79 Å². The summed E-state index contributed by atoms with van der Waals surface area (Å²) in [6.45, 7) is 7.60. The Morgan fingerprint density at radius 1 is 1.29 bits per heavy atom. The number of rotatable bonds is 3.